The molecule has 152 valence electrons. The Kier molecular flexibility index (Phi) is 7.58. The third kappa shape index (κ3) is 5.40. The summed E-state index contributed by atoms with van der Waals surface area (Å²) in [6.45, 7) is 2.26. The Labute approximate surface area is 167 Å². The second kappa shape index (κ2) is 10.1. The first-order valence-corrected chi connectivity index (χ1v) is 10.8. The van der Waals surface area contributed by atoms with Crippen LogP contribution in [0.4, 0.5) is 13.2 Å². The topological polar surface area (TPSA) is 0 Å². The molecule has 0 aromatic heterocycles. The van der Waals surface area contributed by atoms with Crippen LogP contribution in [0.3, 0.4) is 0 Å². The largest absolute Gasteiger partial charge is 0.204 e. The van der Waals surface area contributed by atoms with Gasteiger partial charge < -0.3 is 0 Å². The van der Waals surface area contributed by atoms with Gasteiger partial charge in [-0.15, -0.1) is 0 Å². The average molecular weight is 389 g/mol. The van der Waals surface area contributed by atoms with Crippen LogP contribution >= 0.6 is 0 Å². The minimum absolute atomic E-state index is 0.226. The zero-order valence-electron chi connectivity index (χ0n) is 16.8. The van der Waals surface area contributed by atoms with E-state index in [1.165, 1.54) is 63.0 Å². The van der Waals surface area contributed by atoms with E-state index in [-0.39, 0.29) is 5.56 Å². The highest BCUT2D eigenvalue weighted by Crippen LogP contribution is 2.37. The highest BCUT2D eigenvalue weighted by Gasteiger charge is 2.22. The number of aryl methyl sites for hydroxylation is 2. The van der Waals surface area contributed by atoms with Crippen molar-refractivity contribution in [3.8, 4) is 0 Å². The van der Waals surface area contributed by atoms with E-state index in [9.17, 15) is 13.2 Å². The van der Waals surface area contributed by atoms with Crippen molar-refractivity contribution in [1.29, 1.82) is 0 Å². The smallest absolute Gasteiger partial charge is 0.194 e. The maximum Gasteiger partial charge on any atom is 0.194 e. The van der Waals surface area contributed by atoms with Gasteiger partial charge in [0.1, 0.15) is 0 Å². The van der Waals surface area contributed by atoms with Gasteiger partial charge in [-0.1, -0.05) is 62.9 Å². The highest BCUT2D eigenvalue weighted by molar-refractivity contribution is 5.27. The van der Waals surface area contributed by atoms with Crippen LogP contribution in [0.5, 0.6) is 0 Å². The maximum absolute atomic E-state index is 13.8. The molecule has 0 atom stereocenters. The van der Waals surface area contributed by atoms with Crippen molar-refractivity contribution in [2.75, 3.05) is 0 Å². The molecule has 1 aliphatic rings. The monoisotopic (exact) mass is 388 g/mol. The minimum atomic E-state index is -1.38. The Morgan fingerprint density at radius 1 is 0.786 bits per heavy atom. The zero-order chi connectivity index (χ0) is 19.9. The summed E-state index contributed by atoms with van der Waals surface area (Å²) in [6.07, 6.45) is 11.6. The van der Waals surface area contributed by atoms with Gasteiger partial charge >= 0.3 is 0 Å². The summed E-state index contributed by atoms with van der Waals surface area (Å²) < 4.78 is 40.2. The van der Waals surface area contributed by atoms with Crippen LogP contribution in [-0.2, 0) is 12.8 Å². The summed E-state index contributed by atoms with van der Waals surface area (Å²) in [7, 11) is 0. The predicted octanol–water partition coefficient (Wildman–Crippen LogP) is 7.74. The molecule has 0 aliphatic heterocycles. The predicted molar refractivity (Wildman–Crippen MR) is 109 cm³/mol. The molecule has 0 unspecified atom stereocenters. The third-order valence-electron chi connectivity index (χ3n) is 6.31. The molecule has 1 aliphatic carbocycles. The average Bonchev–Trinajstić information content (AvgIpc) is 2.73. The van der Waals surface area contributed by atoms with E-state index in [1.54, 1.807) is 0 Å². The van der Waals surface area contributed by atoms with E-state index < -0.39 is 17.5 Å². The van der Waals surface area contributed by atoms with Crippen molar-refractivity contribution in [1.82, 2.24) is 0 Å². The van der Waals surface area contributed by atoms with Gasteiger partial charge in [-0.25, -0.2) is 13.2 Å². The molecule has 0 radical (unpaired) electrons. The van der Waals surface area contributed by atoms with Gasteiger partial charge in [-0.2, -0.15) is 0 Å². The molecule has 3 rings (SSSR count). The van der Waals surface area contributed by atoms with Gasteiger partial charge in [0.25, 0.3) is 0 Å². The van der Waals surface area contributed by atoms with Gasteiger partial charge in [0.15, 0.2) is 17.5 Å². The first-order chi connectivity index (χ1) is 13.6. The van der Waals surface area contributed by atoms with Crippen LogP contribution in [-0.4, -0.2) is 0 Å². The summed E-state index contributed by atoms with van der Waals surface area (Å²) in [5.41, 5.74) is 2.72. The molecular weight excluding hydrogens is 357 g/mol. The fraction of sp³-hybridized carbons (Fsp3) is 0.520. The molecule has 1 fully saturated rings. The number of hydrogen-bond donors (Lipinski definition) is 0. The van der Waals surface area contributed by atoms with Gasteiger partial charge in [-0.3, -0.25) is 0 Å². The fourth-order valence-corrected chi connectivity index (χ4v) is 4.46. The Hall–Kier alpha value is -1.77. The lowest BCUT2D eigenvalue weighted by atomic mass is 9.77. The van der Waals surface area contributed by atoms with E-state index in [2.05, 4.69) is 31.2 Å². The zero-order valence-corrected chi connectivity index (χ0v) is 16.8. The van der Waals surface area contributed by atoms with Crippen molar-refractivity contribution in [2.24, 2.45) is 5.92 Å². The van der Waals surface area contributed by atoms with Gasteiger partial charge in [-0.05, 0) is 73.1 Å². The quantitative estimate of drug-likeness (QED) is 0.320. The van der Waals surface area contributed by atoms with E-state index in [1.807, 2.05) is 0 Å². The van der Waals surface area contributed by atoms with Crippen molar-refractivity contribution in [3.63, 3.8) is 0 Å². The second-order valence-electron chi connectivity index (χ2n) is 8.29. The molecule has 3 heteroatoms. The van der Waals surface area contributed by atoms with Gasteiger partial charge in [0.05, 0.1) is 0 Å². The number of hydrogen-bond acceptors (Lipinski definition) is 0. The van der Waals surface area contributed by atoms with Crippen molar-refractivity contribution in [3.05, 3.63) is 70.5 Å². The Morgan fingerprint density at radius 3 is 2.18 bits per heavy atom. The lowest BCUT2D eigenvalue weighted by Crippen LogP contribution is -2.13. The molecule has 0 heterocycles. The summed E-state index contributed by atoms with van der Waals surface area (Å²) in [4.78, 5) is 0. The minimum Gasteiger partial charge on any atom is -0.204 e. The number of rotatable bonds is 8. The van der Waals surface area contributed by atoms with Crippen molar-refractivity contribution >= 4 is 0 Å². The Bertz CT molecular complexity index is 743. The molecule has 0 nitrogen and oxygen atoms in total. The Balaban J connectivity index is 1.50. The van der Waals surface area contributed by atoms with Crippen LogP contribution in [0.1, 0.15) is 80.9 Å². The normalized spacial score (nSPS) is 19.7. The molecule has 2 aromatic carbocycles. The standard InChI is InChI=1S/C25H31F3/c1-2-3-4-5-18-6-11-20(12-7-18)21-13-8-19(9-14-21)10-15-22-16-17-23(26)25(28)24(22)27/h8-9,13-14,16-18,20H,2-7,10-12,15H2,1H3. The molecule has 2 aromatic rings. The van der Waals surface area contributed by atoms with Crippen LogP contribution in [0.15, 0.2) is 36.4 Å². The SMILES string of the molecule is CCCCCC1CCC(c2ccc(CCc3ccc(F)c(F)c3F)cc2)CC1. The van der Waals surface area contributed by atoms with E-state index in [0.29, 0.717) is 18.8 Å². The lowest BCUT2D eigenvalue weighted by Gasteiger charge is -2.29. The van der Waals surface area contributed by atoms with Gasteiger partial charge in [0.2, 0.25) is 0 Å². The molecule has 0 N–H and O–H groups in total. The molecule has 1 saturated carbocycles. The third-order valence-corrected chi connectivity index (χ3v) is 6.31. The van der Waals surface area contributed by atoms with Crippen molar-refractivity contribution in [2.45, 2.75) is 77.0 Å². The van der Waals surface area contributed by atoms with Crippen LogP contribution in [0.2, 0.25) is 0 Å². The first-order valence-electron chi connectivity index (χ1n) is 10.8. The van der Waals surface area contributed by atoms with Crippen LogP contribution in [0.25, 0.3) is 0 Å². The van der Waals surface area contributed by atoms with E-state index >= 15 is 0 Å². The van der Waals surface area contributed by atoms with Crippen LogP contribution < -0.4 is 0 Å². The molecule has 0 spiro atoms. The summed E-state index contributed by atoms with van der Waals surface area (Å²) >= 11 is 0. The molecule has 0 saturated heterocycles. The Morgan fingerprint density at radius 2 is 1.50 bits per heavy atom. The molecule has 28 heavy (non-hydrogen) atoms. The highest BCUT2D eigenvalue weighted by atomic mass is 19.2. The van der Waals surface area contributed by atoms with Gasteiger partial charge in [0, 0.05) is 0 Å². The summed E-state index contributed by atoms with van der Waals surface area (Å²) in [5.74, 6) is -2.01. The number of unbranched alkanes of at least 4 members (excludes halogenated alkanes) is 2. The second-order valence-corrected chi connectivity index (χ2v) is 8.29. The molecular formula is C25H31F3. The number of benzene rings is 2. The van der Waals surface area contributed by atoms with Crippen molar-refractivity contribution < 1.29 is 13.2 Å². The van der Waals surface area contributed by atoms with E-state index in [4.69, 9.17) is 0 Å². The maximum atomic E-state index is 13.8. The van der Waals surface area contributed by atoms with E-state index in [0.717, 1.165) is 17.5 Å². The first kappa shape index (κ1) is 21.0. The lowest BCUT2D eigenvalue weighted by molar-refractivity contribution is 0.303. The summed E-state index contributed by atoms with van der Waals surface area (Å²) in [6, 6.07) is 10.9. The number of halogens is 3. The molecule has 0 bridgehead atoms. The fourth-order valence-electron chi connectivity index (χ4n) is 4.46. The molecule has 0 amide bonds. The van der Waals surface area contributed by atoms with Crippen LogP contribution in [0, 0.1) is 23.4 Å². The summed E-state index contributed by atoms with van der Waals surface area (Å²) in [5, 5.41) is 0.